The average Bonchev–Trinajstić information content (AvgIpc) is 3.24. The summed E-state index contributed by atoms with van der Waals surface area (Å²) in [6.07, 6.45) is 2.73. The quantitative estimate of drug-likeness (QED) is 0.747. The molecule has 1 aromatic carbocycles. The summed E-state index contributed by atoms with van der Waals surface area (Å²) in [4.78, 5) is 16.6. The Hall–Kier alpha value is -2.89. The van der Waals surface area contributed by atoms with E-state index in [9.17, 15) is 4.79 Å². The predicted molar refractivity (Wildman–Crippen MR) is 95.8 cm³/mol. The minimum Gasteiger partial charge on any atom is -0.352 e. The molecule has 0 saturated carbocycles. The van der Waals surface area contributed by atoms with E-state index in [1.807, 2.05) is 67.9 Å². The van der Waals surface area contributed by atoms with E-state index in [1.165, 1.54) is 5.56 Å². The molecule has 0 bridgehead atoms. The third kappa shape index (κ3) is 3.96. The Kier molecular flexibility index (Phi) is 4.97. The molecule has 1 N–H and O–H groups in total. The predicted octanol–water partition coefficient (Wildman–Crippen LogP) is 3.43. The number of amides is 1. The second-order valence-corrected chi connectivity index (χ2v) is 6.19. The summed E-state index contributed by atoms with van der Waals surface area (Å²) >= 11 is 0. The maximum Gasteiger partial charge on any atom is 0.274 e. The number of nitrogens with one attached hydrogen (secondary N) is 1. The molecule has 0 radical (unpaired) electrons. The van der Waals surface area contributed by atoms with Gasteiger partial charge < -0.3 is 14.4 Å². The van der Waals surface area contributed by atoms with E-state index >= 15 is 0 Å². The second-order valence-electron chi connectivity index (χ2n) is 6.19. The maximum atomic E-state index is 12.1. The van der Waals surface area contributed by atoms with Crippen LogP contribution < -0.4 is 5.32 Å². The highest BCUT2D eigenvalue weighted by molar-refractivity contribution is 5.76. The van der Waals surface area contributed by atoms with Crippen LogP contribution in [0, 0.1) is 6.92 Å². The van der Waals surface area contributed by atoms with Gasteiger partial charge in [-0.2, -0.15) is 4.98 Å². The topological polar surface area (TPSA) is 73.0 Å². The summed E-state index contributed by atoms with van der Waals surface area (Å²) in [7, 11) is 0. The number of carbonyl (C=O) groups excluding carboxylic acids is 1. The molecule has 3 aromatic rings. The number of benzene rings is 1. The Morgan fingerprint density at radius 1 is 1.28 bits per heavy atom. The maximum absolute atomic E-state index is 12.1. The zero-order chi connectivity index (χ0) is 17.8. The number of hydrogen-bond acceptors (Lipinski definition) is 4. The number of hydrogen-bond donors (Lipinski definition) is 1. The molecule has 0 aliphatic rings. The summed E-state index contributed by atoms with van der Waals surface area (Å²) in [5.41, 5.74) is 2.80. The lowest BCUT2D eigenvalue weighted by Gasteiger charge is -2.12. The van der Waals surface area contributed by atoms with Gasteiger partial charge in [-0.05, 0) is 32.4 Å². The fourth-order valence-corrected chi connectivity index (χ4v) is 2.47. The SMILES string of the molecule is CC[C@H](C)NC(=O)Cn1cccc1-c1nc(-c2ccc(C)cc2)no1. The van der Waals surface area contributed by atoms with Gasteiger partial charge in [-0.1, -0.05) is 41.9 Å². The first-order valence-electron chi connectivity index (χ1n) is 8.42. The first-order chi connectivity index (χ1) is 12.1. The van der Waals surface area contributed by atoms with Crippen LogP contribution in [0.25, 0.3) is 23.0 Å². The van der Waals surface area contributed by atoms with Crippen LogP contribution in [0.3, 0.4) is 0 Å². The fraction of sp³-hybridized carbons (Fsp3) is 0.316. The summed E-state index contributed by atoms with van der Waals surface area (Å²) < 4.78 is 7.21. The van der Waals surface area contributed by atoms with Crippen LogP contribution in [0.2, 0.25) is 0 Å². The van der Waals surface area contributed by atoms with Gasteiger partial charge in [0.05, 0.1) is 0 Å². The van der Waals surface area contributed by atoms with Crippen LogP contribution in [-0.2, 0) is 11.3 Å². The van der Waals surface area contributed by atoms with Crippen LogP contribution in [0.5, 0.6) is 0 Å². The van der Waals surface area contributed by atoms with E-state index in [0.717, 1.165) is 17.7 Å². The molecule has 0 fully saturated rings. The Morgan fingerprint density at radius 2 is 2.04 bits per heavy atom. The number of rotatable bonds is 6. The van der Waals surface area contributed by atoms with Crippen molar-refractivity contribution in [1.82, 2.24) is 20.0 Å². The minimum absolute atomic E-state index is 0.0370. The average molecular weight is 338 g/mol. The van der Waals surface area contributed by atoms with E-state index in [-0.39, 0.29) is 18.5 Å². The standard InChI is InChI=1S/C19H22N4O2/c1-4-14(3)20-17(24)12-23-11-5-6-16(23)19-21-18(22-25-19)15-9-7-13(2)8-10-15/h5-11,14H,4,12H2,1-3H3,(H,20,24)/t14-/m0/s1. The molecule has 1 atom stereocenters. The molecule has 6 nitrogen and oxygen atoms in total. The van der Waals surface area contributed by atoms with E-state index < -0.39 is 0 Å². The van der Waals surface area contributed by atoms with Gasteiger partial charge in [0.1, 0.15) is 12.2 Å². The third-order valence-corrected chi connectivity index (χ3v) is 4.12. The first-order valence-corrected chi connectivity index (χ1v) is 8.42. The van der Waals surface area contributed by atoms with Crippen molar-refractivity contribution in [1.29, 1.82) is 0 Å². The summed E-state index contributed by atoms with van der Waals surface area (Å²) in [5, 5.41) is 7.01. The first kappa shape index (κ1) is 17.0. The lowest BCUT2D eigenvalue weighted by Crippen LogP contribution is -2.34. The zero-order valence-corrected chi connectivity index (χ0v) is 14.7. The van der Waals surface area contributed by atoms with E-state index in [4.69, 9.17) is 4.52 Å². The molecule has 0 aliphatic heterocycles. The summed E-state index contributed by atoms with van der Waals surface area (Å²) in [6, 6.07) is 11.8. The van der Waals surface area contributed by atoms with Crippen molar-refractivity contribution in [3.05, 3.63) is 48.2 Å². The minimum atomic E-state index is -0.0370. The molecular formula is C19H22N4O2. The van der Waals surface area contributed by atoms with Crippen molar-refractivity contribution >= 4 is 5.91 Å². The van der Waals surface area contributed by atoms with Gasteiger partial charge >= 0.3 is 0 Å². The lowest BCUT2D eigenvalue weighted by atomic mass is 10.1. The van der Waals surface area contributed by atoms with Gasteiger partial charge in [0.2, 0.25) is 11.7 Å². The van der Waals surface area contributed by atoms with E-state index in [1.54, 1.807) is 0 Å². The van der Waals surface area contributed by atoms with Gasteiger partial charge in [-0.3, -0.25) is 4.79 Å². The molecule has 1 amide bonds. The molecular weight excluding hydrogens is 316 g/mol. The van der Waals surface area contributed by atoms with Crippen LogP contribution in [0.4, 0.5) is 0 Å². The number of aromatic nitrogens is 3. The molecule has 0 spiro atoms. The van der Waals surface area contributed by atoms with Crippen LogP contribution in [0.1, 0.15) is 25.8 Å². The van der Waals surface area contributed by atoms with E-state index in [0.29, 0.717) is 11.7 Å². The smallest absolute Gasteiger partial charge is 0.274 e. The summed E-state index contributed by atoms with van der Waals surface area (Å²) in [6.45, 7) is 6.27. The molecule has 3 rings (SSSR count). The van der Waals surface area contributed by atoms with Gasteiger partial charge in [-0.15, -0.1) is 0 Å². The highest BCUT2D eigenvalue weighted by Crippen LogP contribution is 2.23. The summed E-state index contributed by atoms with van der Waals surface area (Å²) in [5.74, 6) is 0.897. The Balaban J connectivity index is 1.78. The number of aryl methyl sites for hydroxylation is 1. The zero-order valence-electron chi connectivity index (χ0n) is 14.7. The monoisotopic (exact) mass is 338 g/mol. The largest absolute Gasteiger partial charge is 0.352 e. The molecule has 0 aliphatic carbocycles. The molecule has 2 heterocycles. The molecule has 130 valence electrons. The number of nitrogens with zero attached hydrogens (tertiary/aromatic N) is 3. The second kappa shape index (κ2) is 7.34. The van der Waals surface area contributed by atoms with Crippen molar-refractivity contribution in [3.63, 3.8) is 0 Å². The molecule has 0 unspecified atom stereocenters. The van der Waals surface area contributed by atoms with Crippen molar-refractivity contribution < 1.29 is 9.32 Å². The highest BCUT2D eigenvalue weighted by Gasteiger charge is 2.16. The fourth-order valence-electron chi connectivity index (χ4n) is 2.47. The van der Waals surface area contributed by atoms with Crippen molar-refractivity contribution in [3.8, 4) is 23.0 Å². The van der Waals surface area contributed by atoms with Gasteiger partial charge in [0, 0.05) is 17.8 Å². The number of carbonyl (C=O) groups is 1. The molecule has 2 aromatic heterocycles. The Bertz CT molecular complexity index is 848. The lowest BCUT2D eigenvalue weighted by molar-refractivity contribution is -0.122. The normalized spacial score (nSPS) is 12.1. The Morgan fingerprint density at radius 3 is 2.76 bits per heavy atom. The van der Waals surface area contributed by atoms with Crippen molar-refractivity contribution in [2.45, 2.75) is 39.8 Å². The van der Waals surface area contributed by atoms with Gasteiger partial charge in [0.15, 0.2) is 0 Å². The van der Waals surface area contributed by atoms with Gasteiger partial charge in [0.25, 0.3) is 5.89 Å². The molecule has 0 saturated heterocycles. The molecule has 25 heavy (non-hydrogen) atoms. The van der Waals surface area contributed by atoms with Crippen molar-refractivity contribution in [2.75, 3.05) is 0 Å². The van der Waals surface area contributed by atoms with Crippen LogP contribution in [-0.4, -0.2) is 26.7 Å². The van der Waals surface area contributed by atoms with Gasteiger partial charge in [-0.25, -0.2) is 0 Å². The van der Waals surface area contributed by atoms with E-state index in [2.05, 4.69) is 15.5 Å². The molecule has 6 heteroatoms. The van der Waals surface area contributed by atoms with Crippen LogP contribution in [0.15, 0.2) is 47.1 Å². The highest BCUT2D eigenvalue weighted by atomic mass is 16.5. The Labute approximate surface area is 146 Å². The van der Waals surface area contributed by atoms with Crippen molar-refractivity contribution in [2.24, 2.45) is 0 Å². The van der Waals surface area contributed by atoms with Crippen LogP contribution >= 0.6 is 0 Å². The third-order valence-electron chi connectivity index (χ3n) is 4.12.